The predicted octanol–water partition coefficient (Wildman–Crippen LogP) is 4.68. The predicted molar refractivity (Wildman–Crippen MR) is 190 cm³/mol. The number of halogens is 2. The maximum absolute atomic E-state index is 13.3. The highest BCUT2D eigenvalue weighted by atomic mass is 35.5. The second-order valence-electron chi connectivity index (χ2n) is 13.1. The van der Waals surface area contributed by atoms with Crippen molar-refractivity contribution in [2.45, 2.75) is 44.5 Å². The number of nitrogens with zero attached hydrogens (tertiary/aromatic N) is 5. The molecule has 0 spiro atoms. The van der Waals surface area contributed by atoms with Crippen LogP contribution in [-0.4, -0.2) is 73.5 Å². The van der Waals surface area contributed by atoms with Crippen LogP contribution < -0.4 is 20.9 Å². The number of nitrogens with one attached hydrogen (secondary N) is 2. The van der Waals surface area contributed by atoms with Gasteiger partial charge < -0.3 is 20.5 Å². The van der Waals surface area contributed by atoms with Gasteiger partial charge in [0.05, 0.1) is 35.0 Å². The fourth-order valence-corrected chi connectivity index (χ4v) is 7.39. The largest absolute Gasteiger partial charge is 0.481 e. The summed E-state index contributed by atoms with van der Waals surface area (Å²) in [5, 5.41) is 22.2. The lowest BCUT2D eigenvalue weighted by molar-refractivity contribution is -0.119. The van der Waals surface area contributed by atoms with Crippen molar-refractivity contribution < 1.29 is 14.6 Å². The molecule has 2 aromatic carbocycles. The van der Waals surface area contributed by atoms with Crippen LogP contribution in [0.2, 0.25) is 10.0 Å². The first kappa shape index (κ1) is 33.2. The van der Waals surface area contributed by atoms with E-state index in [-0.39, 0.29) is 17.5 Å². The summed E-state index contributed by atoms with van der Waals surface area (Å²) in [7, 11) is 3.30. The molecule has 2 fully saturated rings. The molecule has 0 unspecified atom stereocenters. The molecule has 2 aliphatic heterocycles. The van der Waals surface area contributed by atoms with E-state index in [0.717, 1.165) is 39.8 Å². The molecule has 0 saturated carbocycles. The second-order valence-corrected chi connectivity index (χ2v) is 13.9. The van der Waals surface area contributed by atoms with Gasteiger partial charge in [0.2, 0.25) is 11.8 Å². The Morgan fingerprint density at radius 3 is 2.41 bits per heavy atom. The molecular formula is C36H37Cl2N7O4. The lowest BCUT2D eigenvalue weighted by Crippen LogP contribution is -2.59. The summed E-state index contributed by atoms with van der Waals surface area (Å²) in [5.41, 5.74) is 4.79. The molecular weight excluding hydrogens is 665 g/mol. The van der Waals surface area contributed by atoms with Crippen LogP contribution in [0.3, 0.4) is 0 Å². The van der Waals surface area contributed by atoms with Crippen molar-refractivity contribution in [1.29, 1.82) is 0 Å². The zero-order valence-electron chi connectivity index (χ0n) is 27.5. The summed E-state index contributed by atoms with van der Waals surface area (Å²) < 4.78 is 8.80. The Hall–Kier alpha value is -4.26. The molecule has 13 heteroatoms. The van der Waals surface area contributed by atoms with Crippen molar-refractivity contribution in [2.24, 2.45) is 7.05 Å². The first-order valence-corrected chi connectivity index (χ1v) is 16.9. The van der Waals surface area contributed by atoms with E-state index in [2.05, 4.69) is 10.6 Å². The van der Waals surface area contributed by atoms with Crippen molar-refractivity contribution in [3.8, 4) is 39.4 Å². The van der Waals surface area contributed by atoms with E-state index in [4.69, 9.17) is 38.0 Å². The van der Waals surface area contributed by atoms with Crippen molar-refractivity contribution in [3.63, 3.8) is 0 Å². The molecule has 2 saturated heterocycles. The molecule has 7 rings (SSSR count). The Bertz CT molecular complexity index is 2140. The molecule has 5 aromatic rings. The summed E-state index contributed by atoms with van der Waals surface area (Å²) in [6.07, 6.45) is 3.20. The molecule has 49 heavy (non-hydrogen) atoms. The number of fused-ring (bicyclic) bond motifs is 1. The maximum atomic E-state index is 13.3. The number of hydrogen-bond donors (Lipinski definition) is 3. The number of aromatic nitrogens is 4. The maximum Gasteiger partial charge on any atom is 0.277 e. The highest BCUT2D eigenvalue weighted by Gasteiger charge is 2.37. The van der Waals surface area contributed by atoms with E-state index in [0.29, 0.717) is 72.1 Å². The molecule has 1 amide bonds. The van der Waals surface area contributed by atoms with Gasteiger partial charge in [-0.05, 0) is 25.5 Å². The number of aliphatic hydroxyl groups is 1. The minimum Gasteiger partial charge on any atom is -0.481 e. The first-order chi connectivity index (χ1) is 23.5. The number of amides is 1. The van der Waals surface area contributed by atoms with Crippen molar-refractivity contribution in [2.75, 3.05) is 26.7 Å². The molecule has 2 aliphatic rings. The van der Waals surface area contributed by atoms with Crippen LogP contribution in [0.1, 0.15) is 31.2 Å². The van der Waals surface area contributed by atoms with E-state index in [9.17, 15) is 14.7 Å². The number of carbonyl (C=O) groups is 1. The standard InChI is InChI=1S/C36H37Cl2N7O4/c1-36(48)19-44(20-36)18-30-42-45-17-22(14-29(45)35(47)43(30)2)24-6-4-7-25(32(24)37)26-8-5-9-27(33(26)38)28-12-10-21(34(41-28)49-3)15-39-16-23-11-13-31(46)40-23/h4-10,12,14,17,23,39,48H,11,13,15-16,18-20H2,1-3H3,(H,40,46)/t23-/m0/s1. The number of β-amino-alcohol motifs (C(OH)–C–C–N with tert-alkyl or cyclic N) is 1. The number of methoxy groups -OCH3 is 1. The third kappa shape index (κ3) is 6.56. The van der Waals surface area contributed by atoms with Crippen LogP contribution in [-0.2, 0) is 24.9 Å². The topological polar surface area (TPSA) is 126 Å². The molecule has 11 nitrogen and oxygen atoms in total. The normalized spacial score (nSPS) is 17.3. The van der Waals surface area contributed by atoms with Gasteiger partial charge in [0.1, 0.15) is 11.3 Å². The van der Waals surface area contributed by atoms with E-state index in [1.165, 1.54) is 0 Å². The molecule has 3 aromatic heterocycles. The Morgan fingerprint density at radius 2 is 1.73 bits per heavy atom. The summed E-state index contributed by atoms with van der Waals surface area (Å²) in [4.78, 5) is 31.7. The van der Waals surface area contributed by atoms with Crippen molar-refractivity contribution in [3.05, 3.63) is 92.6 Å². The van der Waals surface area contributed by atoms with Crippen molar-refractivity contribution in [1.82, 2.24) is 34.7 Å². The highest BCUT2D eigenvalue weighted by molar-refractivity contribution is 6.39. The lowest BCUT2D eigenvalue weighted by atomic mass is 9.97. The zero-order chi connectivity index (χ0) is 34.4. The first-order valence-electron chi connectivity index (χ1n) is 16.2. The van der Waals surface area contributed by atoms with Crippen LogP contribution in [0.5, 0.6) is 5.88 Å². The molecule has 0 radical (unpaired) electrons. The average molecular weight is 703 g/mol. The molecule has 5 heterocycles. The Labute approximate surface area is 293 Å². The van der Waals surface area contributed by atoms with E-state index in [1.54, 1.807) is 36.2 Å². The third-order valence-corrected chi connectivity index (χ3v) is 10.0. The summed E-state index contributed by atoms with van der Waals surface area (Å²) in [5.74, 6) is 1.18. The number of ether oxygens (including phenoxy) is 1. The Kier molecular flexibility index (Phi) is 8.97. The minimum atomic E-state index is -0.712. The van der Waals surface area contributed by atoms with Gasteiger partial charge in [-0.3, -0.25) is 19.1 Å². The Balaban J connectivity index is 1.16. The van der Waals surface area contributed by atoms with Crippen LogP contribution >= 0.6 is 23.2 Å². The molecule has 1 atom stereocenters. The van der Waals surface area contributed by atoms with Gasteiger partial charge in [0, 0.05) is 85.3 Å². The fourth-order valence-electron chi connectivity index (χ4n) is 6.73. The number of pyridine rings is 1. The highest BCUT2D eigenvalue weighted by Crippen LogP contribution is 2.42. The molecule has 0 aliphatic carbocycles. The van der Waals surface area contributed by atoms with Gasteiger partial charge in [-0.25, -0.2) is 9.50 Å². The zero-order valence-corrected chi connectivity index (χ0v) is 29.0. The van der Waals surface area contributed by atoms with Gasteiger partial charge in [0.15, 0.2) is 0 Å². The van der Waals surface area contributed by atoms with Crippen LogP contribution in [0, 0.1) is 0 Å². The number of carbonyl (C=O) groups excluding carboxylic acids is 1. The number of likely N-dealkylation sites (tertiary alicyclic amines) is 1. The molecule has 254 valence electrons. The second kappa shape index (κ2) is 13.2. The smallest absolute Gasteiger partial charge is 0.277 e. The quantitative estimate of drug-likeness (QED) is 0.192. The minimum absolute atomic E-state index is 0.0924. The van der Waals surface area contributed by atoms with Gasteiger partial charge >= 0.3 is 0 Å². The monoisotopic (exact) mass is 701 g/mol. The van der Waals surface area contributed by atoms with Crippen LogP contribution in [0.4, 0.5) is 0 Å². The van der Waals surface area contributed by atoms with E-state index >= 15 is 0 Å². The fraction of sp³-hybridized carbons (Fsp3) is 0.333. The summed E-state index contributed by atoms with van der Waals surface area (Å²) in [6, 6.07) is 17.3. The van der Waals surface area contributed by atoms with E-state index in [1.807, 2.05) is 59.6 Å². The summed E-state index contributed by atoms with van der Waals surface area (Å²) in [6.45, 7) is 4.52. The summed E-state index contributed by atoms with van der Waals surface area (Å²) >= 11 is 14.2. The van der Waals surface area contributed by atoms with Gasteiger partial charge in [-0.2, -0.15) is 5.10 Å². The van der Waals surface area contributed by atoms with Crippen LogP contribution in [0.25, 0.3) is 39.0 Å². The van der Waals surface area contributed by atoms with Gasteiger partial charge in [-0.1, -0.05) is 65.7 Å². The Morgan fingerprint density at radius 1 is 1.04 bits per heavy atom. The number of rotatable bonds is 10. The van der Waals surface area contributed by atoms with Gasteiger partial charge in [0.25, 0.3) is 5.56 Å². The van der Waals surface area contributed by atoms with Crippen molar-refractivity contribution >= 4 is 34.6 Å². The van der Waals surface area contributed by atoms with E-state index < -0.39 is 5.60 Å². The lowest BCUT2D eigenvalue weighted by Gasteiger charge is -2.44. The molecule has 3 N–H and O–H groups in total. The number of benzene rings is 2. The molecule has 0 bridgehead atoms. The van der Waals surface area contributed by atoms with Crippen LogP contribution in [0.15, 0.2) is 65.6 Å². The third-order valence-electron chi connectivity index (χ3n) is 9.23. The SMILES string of the molecule is COc1nc(-c2cccc(-c3cccc(-c4cc5c(=O)n(C)c(CN6CC(C)(O)C6)nn5c4)c3Cl)c2Cl)ccc1CNC[C@@H]1CCC(=O)N1. The van der Waals surface area contributed by atoms with Gasteiger partial charge in [-0.15, -0.1) is 0 Å². The average Bonchev–Trinajstić information content (AvgIpc) is 3.69. The number of hydrogen-bond acceptors (Lipinski definition) is 8.